The molecule has 0 aliphatic heterocycles. The minimum absolute atomic E-state index is 0.190. The number of hydrogen-bond acceptors (Lipinski definition) is 1. The van der Waals surface area contributed by atoms with Crippen LogP contribution >= 0.6 is 15.9 Å². The summed E-state index contributed by atoms with van der Waals surface area (Å²) in [6.45, 7) is 2.23. The number of halogens is 1. The van der Waals surface area contributed by atoms with Gasteiger partial charge in [0.25, 0.3) is 0 Å². The average Bonchev–Trinajstić information content (AvgIpc) is 2.45. The fraction of sp³-hybridized carbons (Fsp3) is 0.273. The third-order valence-electron chi connectivity index (χ3n) is 2.45. The second-order valence-electron chi connectivity index (χ2n) is 3.36. The second-order valence-corrected chi connectivity index (χ2v) is 4.22. The highest BCUT2D eigenvalue weighted by molar-refractivity contribution is 9.10. The maximum Gasteiger partial charge on any atom is 0.0472 e. The topological polar surface area (TPSA) is 36.0 Å². The molecule has 2 N–H and O–H groups in total. The van der Waals surface area contributed by atoms with Gasteiger partial charge in [-0.2, -0.15) is 0 Å². The van der Waals surface area contributed by atoms with Gasteiger partial charge in [0.05, 0.1) is 0 Å². The van der Waals surface area contributed by atoms with Crippen molar-refractivity contribution in [3.63, 3.8) is 0 Å². The molecule has 3 heteroatoms. The van der Waals surface area contributed by atoms with Gasteiger partial charge >= 0.3 is 0 Å². The van der Waals surface area contributed by atoms with Gasteiger partial charge in [0.2, 0.25) is 0 Å². The average molecular weight is 254 g/mol. The van der Waals surface area contributed by atoms with Crippen LogP contribution in [-0.4, -0.2) is 16.7 Å². The lowest BCUT2D eigenvalue weighted by Gasteiger charge is -1.99. The summed E-state index contributed by atoms with van der Waals surface area (Å²) in [7, 11) is 0. The highest BCUT2D eigenvalue weighted by atomic mass is 79.9. The summed E-state index contributed by atoms with van der Waals surface area (Å²) in [6, 6.07) is 6.08. The molecule has 1 aromatic carbocycles. The van der Waals surface area contributed by atoms with Gasteiger partial charge in [0.15, 0.2) is 0 Å². The number of benzene rings is 1. The van der Waals surface area contributed by atoms with E-state index >= 15 is 0 Å². The van der Waals surface area contributed by atoms with Gasteiger partial charge in [-0.1, -0.05) is 22.0 Å². The molecule has 0 atom stereocenters. The SMILES string of the molecule is Cc1[nH]c2cccc(Br)c2c1CCO. The Bertz CT molecular complexity index is 462. The molecule has 0 bridgehead atoms. The Morgan fingerprint density at radius 2 is 2.21 bits per heavy atom. The zero-order valence-electron chi connectivity index (χ0n) is 7.97. The second kappa shape index (κ2) is 3.75. The van der Waals surface area contributed by atoms with Crippen LogP contribution in [0.2, 0.25) is 0 Å². The predicted octanol–water partition coefficient (Wildman–Crippen LogP) is 2.77. The van der Waals surface area contributed by atoms with E-state index in [1.54, 1.807) is 0 Å². The van der Waals surface area contributed by atoms with E-state index in [-0.39, 0.29) is 6.61 Å². The van der Waals surface area contributed by atoms with Crippen LogP contribution in [0.5, 0.6) is 0 Å². The molecule has 1 aromatic heterocycles. The summed E-state index contributed by atoms with van der Waals surface area (Å²) in [4.78, 5) is 3.31. The fourth-order valence-electron chi connectivity index (χ4n) is 1.82. The van der Waals surface area contributed by atoms with Crippen molar-refractivity contribution >= 4 is 26.8 Å². The van der Waals surface area contributed by atoms with E-state index in [0.717, 1.165) is 15.7 Å². The summed E-state index contributed by atoms with van der Waals surface area (Å²) in [6.07, 6.45) is 0.703. The molecule has 1 heterocycles. The van der Waals surface area contributed by atoms with Gasteiger partial charge in [-0.15, -0.1) is 0 Å². The Kier molecular flexibility index (Phi) is 2.61. The molecular formula is C11H12BrNO. The first-order valence-electron chi connectivity index (χ1n) is 4.60. The molecule has 0 amide bonds. The van der Waals surface area contributed by atoms with E-state index in [1.165, 1.54) is 10.9 Å². The Labute approximate surface area is 91.1 Å². The van der Waals surface area contributed by atoms with Crippen LogP contribution in [-0.2, 0) is 6.42 Å². The highest BCUT2D eigenvalue weighted by Gasteiger charge is 2.09. The number of fused-ring (bicyclic) bond motifs is 1. The summed E-state index contributed by atoms with van der Waals surface area (Å²) in [5, 5.41) is 10.2. The van der Waals surface area contributed by atoms with Crippen LogP contribution < -0.4 is 0 Å². The third-order valence-corrected chi connectivity index (χ3v) is 3.11. The fourth-order valence-corrected chi connectivity index (χ4v) is 2.43. The first kappa shape index (κ1) is 9.74. The first-order chi connectivity index (χ1) is 6.74. The maximum atomic E-state index is 8.98. The van der Waals surface area contributed by atoms with Crippen molar-refractivity contribution in [2.24, 2.45) is 0 Å². The number of aliphatic hydroxyl groups is 1. The number of rotatable bonds is 2. The molecule has 0 fully saturated rings. The largest absolute Gasteiger partial charge is 0.396 e. The van der Waals surface area contributed by atoms with E-state index in [9.17, 15) is 0 Å². The molecule has 0 saturated heterocycles. The number of aryl methyl sites for hydroxylation is 1. The molecule has 2 rings (SSSR count). The van der Waals surface area contributed by atoms with Gasteiger partial charge < -0.3 is 10.1 Å². The van der Waals surface area contributed by atoms with Crippen molar-refractivity contribution < 1.29 is 5.11 Å². The number of aromatic amines is 1. The zero-order valence-corrected chi connectivity index (χ0v) is 9.56. The predicted molar refractivity (Wildman–Crippen MR) is 61.5 cm³/mol. The molecule has 74 valence electrons. The van der Waals surface area contributed by atoms with Crippen molar-refractivity contribution in [1.29, 1.82) is 0 Å². The van der Waals surface area contributed by atoms with Crippen LogP contribution in [0.25, 0.3) is 10.9 Å². The molecule has 2 nitrogen and oxygen atoms in total. The lowest BCUT2D eigenvalue weighted by atomic mass is 10.1. The van der Waals surface area contributed by atoms with Crippen molar-refractivity contribution in [3.8, 4) is 0 Å². The van der Waals surface area contributed by atoms with Crippen molar-refractivity contribution in [3.05, 3.63) is 33.9 Å². The van der Waals surface area contributed by atoms with Gasteiger partial charge in [-0.3, -0.25) is 0 Å². The molecule has 14 heavy (non-hydrogen) atoms. The molecule has 2 aromatic rings. The van der Waals surface area contributed by atoms with Gasteiger partial charge in [-0.25, -0.2) is 0 Å². The van der Waals surface area contributed by atoms with Crippen LogP contribution in [0.15, 0.2) is 22.7 Å². The van der Waals surface area contributed by atoms with E-state index in [0.29, 0.717) is 6.42 Å². The van der Waals surface area contributed by atoms with E-state index in [1.807, 2.05) is 25.1 Å². The van der Waals surface area contributed by atoms with Crippen molar-refractivity contribution in [2.75, 3.05) is 6.61 Å². The molecule has 0 aliphatic rings. The normalized spacial score (nSPS) is 11.1. The van der Waals surface area contributed by atoms with E-state index in [4.69, 9.17) is 5.11 Å². The number of nitrogens with one attached hydrogen (secondary N) is 1. The van der Waals surface area contributed by atoms with E-state index < -0.39 is 0 Å². The summed E-state index contributed by atoms with van der Waals surface area (Å²) in [5.41, 5.74) is 3.47. The van der Waals surface area contributed by atoms with Crippen LogP contribution in [0.4, 0.5) is 0 Å². The van der Waals surface area contributed by atoms with Gasteiger partial charge in [0.1, 0.15) is 0 Å². The Morgan fingerprint density at radius 1 is 1.43 bits per heavy atom. The summed E-state index contributed by atoms with van der Waals surface area (Å²) < 4.78 is 1.09. The highest BCUT2D eigenvalue weighted by Crippen LogP contribution is 2.29. The molecule has 0 unspecified atom stereocenters. The molecule has 0 saturated carbocycles. The van der Waals surface area contributed by atoms with E-state index in [2.05, 4.69) is 20.9 Å². The first-order valence-corrected chi connectivity index (χ1v) is 5.40. The minimum Gasteiger partial charge on any atom is -0.396 e. The van der Waals surface area contributed by atoms with Gasteiger partial charge in [-0.05, 0) is 31.0 Å². The lowest BCUT2D eigenvalue weighted by molar-refractivity contribution is 0.300. The summed E-state index contributed by atoms with van der Waals surface area (Å²) >= 11 is 3.53. The molecule has 0 radical (unpaired) electrons. The molecule has 0 aliphatic carbocycles. The minimum atomic E-state index is 0.190. The number of aliphatic hydroxyl groups excluding tert-OH is 1. The van der Waals surface area contributed by atoms with Crippen LogP contribution in [0, 0.1) is 6.92 Å². The lowest BCUT2D eigenvalue weighted by Crippen LogP contribution is -1.91. The third kappa shape index (κ3) is 1.47. The smallest absolute Gasteiger partial charge is 0.0472 e. The number of aromatic nitrogens is 1. The Hall–Kier alpha value is -0.800. The molecule has 0 spiro atoms. The Morgan fingerprint density at radius 3 is 2.93 bits per heavy atom. The Balaban J connectivity index is 2.73. The number of H-pyrrole nitrogens is 1. The quantitative estimate of drug-likeness (QED) is 0.849. The zero-order chi connectivity index (χ0) is 10.1. The summed E-state index contributed by atoms with van der Waals surface area (Å²) in [5.74, 6) is 0. The van der Waals surface area contributed by atoms with Crippen LogP contribution in [0.1, 0.15) is 11.3 Å². The van der Waals surface area contributed by atoms with Crippen molar-refractivity contribution in [1.82, 2.24) is 4.98 Å². The number of hydrogen-bond donors (Lipinski definition) is 2. The van der Waals surface area contributed by atoms with Crippen LogP contribution in [0.3, 0.4) is 0 Å². The van der Waals surface area contributed by atoms with Gasteiger partial charge in [0, 0.05) is 27.7 Å². The maximum absolute atomic E-state index is 8.98. The standard InChI is InChI=1S/C11H12BrNO/c1-7-8(5-6-14)11-9(12)3-2-4-10(11)13-7/h2-4,13-14H,5-6H2,1H3. The van der Waals surface area contributed by atoms with Crippen molar-refractivity contribution in [2.45, 2.75) is 13.3 Å². The monoisotopic (exact) mass is 253 g/mol. The molecular weight excluding hydrogens is 242 g/mol.